The highest BCUT2D eigenvalue weighted by atomic mass is 19.1. The van der Waals surface area contributed by atoms with E-state index < -0.39 is 5.82 Å². The summed E-state index contributed by atoms with van der Waals surface area (Å²) < 4.78 is 13.4. The number of hydrogen-bond acceptors (Lipinski definition) is 3. The molecule has 24 heavy (non-hydrogen) atoms. The van der Waals surface area contributed by atoms with Crippen LogP contribution in [-0.4, -0.2) is 47.8 Å². The number of halogens is 1. The van der Waals surface area contributed by atoms with Crippen LogP contribution < -0.4 is 10.6 Å². The highest BCUT2D eigenvalue weighted by molar-refractivity contribution is 6.14. The van der Waals surface area contributed by atoms with Crippen molar-refractivity contribution in [2.45, 2.75) is 0 Å². The summed E-state index contributed by atoms with van der Waals surface area (Å²) in [5.41, 5.74) is 7.99. The van der Waals surface area contributed by atoms with E-state index in [1.807, 2.05) is 31.1 Å². The Labute approximate surface area is 138 Å². The lowest BCUT2D eigenvalue weighted by atomic mass is 10.2. The Balaban J connectivity index is 1.99. The van der Waals surface area contributed by atoms with Gasteiger partial charge < -0.3 is 20.6 Å². The van der Waals surface area contributed by atoms with Gasteiger partial charge >= 0.3 is 0 Å². The first-order valence-electron chi connectivity index (χ1n) is 7.30. The number of hydrogen-bond donors (Lipinski definition) is 3. The molecule has 0 saturated heterocycles. The van der Waals surface area contributed by atoms with Gasteiger partial charge in [-0.25, -0.2) is 14.4 Å². The Kier molecular flexibility index (Phi) is 4.03. The zero-order valence-corrected chi connectivity index (χ0v) is 13.6. The van der Waals surface area contributed by atoms with Crippen molar-refractivity contribution in [3.05, 3.63) is 47.7 Å². The zero-order chi connectivity index (χ0) is 17.3. The van der Waals surface area contributed by atoms with Gasteiger partial charge in [0.25, 0.3) is 0 Å². The van der Waals surface area contributed by atoms with Gasteiger partial charge in [0.1, 0.15) is 23.1 Å². The van der Waals surface area contributed by atoms with E-state index in [0.29, 0.717) is 22.4 Å². The molecular weight excluding hydrogens is 309 g/mol. The second-order valence-corrected chi connectivity index (χ2v) is 5.45. The molecule has 0 saturated carbocycles. The minimum atomic E-state index is -0.430. The summed E-state index contributed by atoms with van der Waals surface area (Å²) in [6.45, 7) is 0. The fourth-order valence-corrected chi connectivity index (χ4v) is 2.37. The lowest BCUT2D eigenvalue weighted by Crippen LogP contribution is -2.16. The summed E-state index contributed by atoms with van der Waals surface area (Å²) in [4.78, 5) is 20.7. The first kappa shape index (κ1) is 15.7. The van der Waals surface area contributed by atoms with E-state index in [1.54, 1.807) is 13.2 Å². The molecule has 0 atom stereocenters. The number of aliphatic imine (C=N–C) groups is 2. The van der Waals surface area contributed by atoms with Gasteiger partial charge in [-0.05, 0) is 18.2 Å². The minimum absolute atomic E-state index is 0.232. The van der Waals surface area contributed by atoms with Gasteiger partial charge in [-0.1, -0.05) is 0 Å². The molecule has 3 aromatic heterocycles. The highest BCUT2D eigenvalue weighted by Crippen LogP contribution is 2.18. The lowest BCUT2D eigenvalue weighted by Gasteiger charge is -2.08. The van der Waals surface area contributed by atoms with Crippen LogP contribution >= 0.6 is 0 Å². The molecule has 0 fully saturated rings. The summed E-state index contributed by atoms with van der Waals surface area (Å²) in [5.74, 6) is 1.19. The molecule has 0 aromatic carbocycles. The van der Waals surface area contributed by atoms with E-state index in [1.165, 1.54) is 6.07 Å². The van der Waals surface area contributed by atoms with Crippen molar-refractivity contribution >= 4 is 28.5 Å². The number of nitrogens with zero attached hydrogens (tertiary/aromatic N) is 4. The van der Waals surface area contributed by atoms with E-state index >= 15 is 0 Å². The molecule has 3 aromatic rings. The minimum Gasteiger partial charge on any atom is -0.383 e. The van der Waals surface area contributed by atoms with Gasteiger partial charge in [-0.15, -0.1) is 0 Å². The van der Waals surface area contributed by atoms with E-state index in [0.717, 1.165) is 17.7 Å². The molecule has 0 amide bonds. The summed E-state index contributed by atoms with van der Waals surface area (Å²) >= 11 is 0. The first-order valence-corrected chi connectivity index (χ1v) is 7.30. The van der Waals surface area contributed by atoms with E-state index in [9.17, 15) is 4.39 Å². The number of fused-ring (bicyclic) bond motifs is 1. The largest absolute Gasteiger partial charge is 0.383 e. The van der Waals surface area contributed by atoms with E-state index in [2.05, 4.69) is 24.9 Å². The number of nitrogens with two attached hydrogens (primary N) is 1. The van der Waals surface area contributed by atoms with Crippen molar-refractivity contribution in [3.63, 3.8) is 0 Å². The molecule has 0 aliphatic carbocycles. The molecule has 0 unspecified atom stereocenters. The number of nitrogens with one attached hydrogen (secondary N) is 2. The van der Waals surface area contributed by atoms with Crippen LogP contribution in [0.15, 0.2) is 40.6 Å². The molecule has 0 aliphatic rings. The van der Waals surface area contributed by atoms with Gasteiger partial charge in [-0.3, -0.25) is 4.99 Å². The molecule has 0 radical (unpaired) electrons. The van der Waals surface area contributed by atoms with Crippen molar-refractivity contribution in [2.75, 3.05) is 26.0 Å². The molecular formula is C16H18FN7. The molecule has 3 heterocycles. The van der Waals surface area contributed by atoms with Crippen LogP contribution in [0.2, 0.25) is 0 Å². The SMILES string of the molecule is CN=C(N=C(N)c1c[nH]c2ncc(F)cc12)c1ccc(N(C)C)[nH]1. The van der Waals surface area contributed by atoms with Crippen LogP contribution in [0, 0.1) is 5.82 Å². The normalized spacial score (nSPS) is 12.8. The molecule has 7 nitrogen and oxygen atoms in total. The lowest BCUT2D eigenvalue weighted by molar-refractivity contribution is 0.624. The summed E-state index contributed by atoms with van der Waals surface area (Å²) in [5, 5.41) is 0.576. The van der Waals surface area contributed by atoms with Gasteiger partial charge in [0.05, 0.1) is 11.9 Å². The second kappa shape index (κ2) is 6.15. The maximum atomic E-state index is 13.4. The molecule has 0 bridgehead atoms. The van der Waals surface area contributed by atoms with Crippen molar-refractivity contribution in [2.24, 2.45) is 15.7 Å². The smallest absolute Gasteiger partial charge is 0.173 e. The van der Waals surface area contributed by atoms with Crippen molar-refractivity contribution in [1.82, 2.24) is 15.0 Å². The number of aromatic amines is 2. The molecule has 124 valence electrons. The average molecular weight is 327 g/mol. The van der Waals surface area contributed by atoms with Crippen LogP contribution in [0.3, 0.4) is 0 Å². The quantitative estimate of drug-likeness (QED) is 0.506. The number of amidine groups is 2. The predicted molar refractivity (Wildman–Crippen MR) is 94.4 cm³/mol. The maximum absolute atomic E-state index is 13.4. The van der Waals surface area contributed by atoms with Crippen LogP contribution in [0.5, 0.6) is 0 Å². The fraction of sp³-hybridized carbons (Fsp3) is 0.188. The Bertz CT molecular complexity index is 933. The molecule has 3 rings (SSSR count). The standard InChI is InChI=1S/C16H18FN7/c1-19-16(12-4-5-13(22-12)24(2)3)23-14(18)11-8-21-15-10(11)6-9(17)7-20-15/h4-8,22H,1-3H3,(H,20,21)(H2,18,19,23). The monoisotopic (exact) mass is 327 g/mol. The highest BCUT2D eigenvalue weighted by Gasteiger charge is 2.12. The number of anilines is 1. The molecule has 0 aliphatic heterocycles. The van der Waals surface area contributed by atoms with Gasteiger partial charge in [-0.2, -0.15) is 0 Å². The first-order chi connectivity index (χ1) is 11.5. The summed E-state index contributed by atoms with van der Waals surface area (Å²) in [7, 11) is 5.51. The molecule has 4 N–H and O–H groups in total. The third-order valence-corrected chi connectivity index (χ3v) is 3.61. The topological polar surface area (TPSA) is 98.4 Å². The number of aromatic nitrogens is 3. The number of pyridine rings is 1. The van der Waals surface area contributed by atoms with E-state index in [-0.39, 0.29) is 5.84 Å². The summed E-state index contributed by atoms with van der Waals surface area (Å²) in [6.07, 6.45) is 2.81. The average Bonchev–Trinajstić information content (AvgIpc) is 3.19. The number of rotatable bonds is 3. The Morgan fingerprint density at radius 1 is 1.33 bits per heavy atom. The fourth-order valence-electron chi connectivity index (χ4n) is 2.37. The third kappa shape index (κ3) is 2.85. The Morgan fingerprint density at radius 3 is 2.79 bits per heavy atom. The van der Waals surface area contributed by atoms with Crippen LogP contribution in [0.25, 0.3) is 11.0 Å². The van der Waals surface area contributed by atoms with Crippen LogP contribution in [-0.2, 0) is 0 Å². The van der Waals surface area contributed by atoms with Crippen molar-refractivity contribution in [3.8, 4) is 0 Å². The van der Waals surface area contributed by atoms with Gasteiger partial charge in [0.15, 0.2) is 5.84 Å². The summed E-state index contributed by atoms with van der Waals surface area (Å²) in [6, 6.07) is 5.18. The van der Waals surface area contributed by atoms with Crippen molar-refractivity contribution in [1.29, 1.82) is 0 Å². The Hall–Kier alpha value is -3.16. The van der Waals surface area contributed by atoms with E-state index in [4.69, 9.17) is 5.73 Å². The maximum Gasteiger partial charge on any atom is 0.173 e. The van der Waals surface area contributed by atoms with Gasteiger partial charge in [0.2, 0.25) is 0 Å². The molecule has 0 spiro atoms. The predicted octanol–water partition coefficient (Wildman–Crippen LogP) is 1.88. The van der Waals surface area contributed by atoms with Crippen LogP contribution in [0.1, 0.15) is 11.3 Å². The Morgan fingerprint density at radius 2 is 2.12 bits per heavy atom. The molecule has 8 heteroatoms. The van der Waals surface area contributed by atoms with Crippen molar-refractivity contribution < 1.29 is 4.39 Å². The van der Waals surface area contributed by atoms with Gasteiger partial charge in [0, 0.05) is 38.3 Å². The third-order valence-electron chi connectivity index (χ3n) is 3.61. The van der Waals surface area contributed by atoms with Crippen LogP contribution in [0.4, 0.5) is 10.2 Å². The zero-order valence-electron chi connectivity index (χ0n) is 13.6. The number of H-pyrrole nitrogens is 2. The second-order valence-electron chi connectivity index (χ2n) is 5.45.